The van der Waals surface area contributed by atoms with Gasteiger partial charge in [0.05, 0.1) is 43.3 Å². The first-order valence-electron chi connectivity index (χ1n) is 10.0. The highest BCUT2D eigenvalue weighted by atomic mass is 32.2. The molecule has 1 fully saturated rings. The maximum atomic E-state index is 13.5. The largest absolute Gasteiger partial charge is 0.325 e. The summed E-state index contributed by atoms with van der Waals surface area (Å²) in [6, 6.07) is 0.255. The monoisotopic (exact) mass is 486 g/mol. The number of benzene rings is 1. The van der Waals surface area contributed by atoms with Crippen LogP contribution < -0.4 is 9.62 Å². The van der Waals surface area contributed by atoms with Gasteiger partial charge in [-0.3, -0.25) is 13.8 Å². The number of carbonyl (C=O) groups is 2. The highest BCUT2D eigenvalue weighted by Crippen LogP contribution is 2.31. The minimum atomic E-state index is -3.84. The number of carbonyl (C=O) groups excluding carboxylic acids is 2. The van der Waals surface area contributed by atoms with Crippen molar-refractivity contribution in [1.29, 1.82) is 0 Å². The number of rotatable bonds is 2. The van der Waals surface area contributed by atoms with Crippen LogP contribution in [0.5, 0.6) is 0 Å². The molecule has 1 atom stereocenters. The minimum absolute atomic E-state index is 0.0308. The lowest BCUT2D eigenvalue weighted by atomic mass is 10.2. The van der Waals surface area contributed by atoms with E-state index in [1.807, 2.05) is 0 Å². The molecule has 2 aliphatic rings. The molecule has 1 aromatic heterocycles. The second-order valence-corrected chi connectivity index (χ2v) is 9.78. The van der Waals surface area contributed by atoms with Gasteiger partial charge >= 0.3 is 6.03 Å². The summed E-state index contributed by atoms with van der Waals surface area (Å²) in [6.45, 7) is 3.50. The predicted octanol–water partition coefficient (Wildman–Crippen LogP) is 1.69. The quantitative estimate of drug-likeness (QED) is 0.650. The standard InChI is InChI=1S/C19H21F3N6O4S/c1-11-8-27-17(9-26(11)19(30)24-13-5-14(20)18(22)15(21)6-13)16(7-23-27)28-4-3-25(12(2)29)10-33(28,31)32/h5-7,11H,3-4,8-10H2,1-2H3,(H,24,30)/t11-/m0/s1. The number of amides is 3. The topological polar surface area (TPSA) is 108 Å². The van der Waals surface area contributed by atoms with Gasteiger partial charge in [0.25, 0.3) is 10.0 Å². The summed E-state index contributed by atoms with van der Waals surface area (Å²) in [5, 5.41) is 6.59. The fourth-order valence-electron chi connectivity index (χ4n) is 3.89. The van der Waals surface area contributed by atoms with Crippen molar-refractivity contribution in [2.24, 2.45) is 0 Å². The van der Waals surface area contributed by atoms with Crippen molar-refractivity contribution < 1.29 is 31.2 Å². The summed E-state index contributed by atoms with van der Waals surface area (Å²) in [5.74, 6) is -5.32. The Balaban J connectivity index is 1.57. The molecule has 0 saturated carbocycles. The normalized spacial score (nSPS) is 19.9. The first-order chi connectivity index (χ1) is 15.5. The van der Waals surface area contributed by atoms with Gasteiger partial charge in [-0.15, -0.1) is 0 Å². The van der Waals surface area contributed by atoms with Gasteiger partial charge in [-0.05, 0) is 6.92 Å². The number of hydrogen-bond acceptors (Lipinski definition) is 5. The van der Waals surface area contributed by atoms with Gasteiger partial charge < -0.3 is 15.1 Å². The van der Waals surface area contributed by atoms with E-state index in [0.717, 1.165) is 0 Å². The van der Waals surface area contributed by atoms with Crippen LogP contribution in [-0.2, 0) is 27.9 Å². The molecule has 0 radical (unpaired) electrons. The molecule has 10 nitrogen and oxygen atoms in total. The Hall–Kier alpha value is -3.29. The number of hydrogen-bond donors (Lipinski definition) is 1. The Morgan fingerprint density at radius 3 is 2.42 bits per heavy atom. The molecule has 3 heterocycles. The molecule has 14 heteroatoms. The molecular weight excluding hydrogens is 465 g/mol. The Kier molecular flexibility index (Phi) is 5.72. The van der Waals surface area contributed by atoms with E-state index >= 15 is 0 Å². The fraction of sp³-hybridized carbons (Fsp3) is 0.421. The molecule has 2 aliphatic heterocycles. The molecule has 0 bridgehead atoms. The number of nitrogens with one attached hydrogen (secondary N) is 1. The van der Waals surface area contributed by atoms with E-state index in [9.17, 15) is 31.2 Å². The molecule has 0 aliphatic carbocycles. The zero-order valence-corrected chi connectivity index (χ0v) is 18.6. The van der Waals surface area contributed by atoms with E-state index in [0.29, 0.717) is 23.5 Å². The van der Waals surface area contributed by atoms with Crippen LogP contribution in [0.15, 0.2) is 18.3 Å². The van der Waals surface area contributed by atoms with Crippen LogP contribution in [-0.4, -0.2) is 64.9 Å². The molecule has 2 aromatic rings. The maximum absolute atomic E-state index is 13.5. The molecule has 0 spiro atoms. The number of halogens is 3. The lowest BCUT2D eigenvalue weighted by Gasteiger charge is -2.37. The van der Waals surface area contributed by atoms with E-state index in [1.54, 1.807) is 11.6 Å². The summed E-state index contributed by atoms with van der Waals surface area (Å²) >= 11 is 0. The van der Waals surface area contributed by atoms with Crippen molar-refractivity contribution in [3.05, 3.63) is 41.5 Å². The molecule has 0 unspecified atom stereocenters. The molecular formula is C19H21F3N6O4S. The molecule has 1 N–H and O–H groups in total. The second-order valence-electron chi connectivity index (χ2n) is 7.92. The molecule has 3 amide bonds. The smallest absolute Gasteiger partial charge is 0.322 e. The Morgan fingerprint density at radius 2 is 1.82 bits per heavy atom. The zero-order valence-electron chi connectivity index (χ0n) is 17.8. The van der Waals surface area contributed by atoms with Gasteiger partial charge in [-0.1, -0.05) is 0 Å². The number of urea groups is 1. The summed E-state index contributed by atoms with van der Waals surface area (Å²) in [5.41, 5.74) is 0.493. The molecule has 1 saturated heterocycles. The summed E-state index contributed by atoms with van der Waals surface area (Å²) < 4.78 is 68.5. The molecule has 1 aromatic carbocycles. The maximum Gasteiger partial charge on any atom is 0.322 e. The van der Waals surface area contributed by atoms with Gasteiger partial charge in [0.1, 0.15) is 5.88 Å². The predicted molar refractivity (Wildman–Crippen MR) is 111 cm³/mol. The molecule has 4 rings (SSSR count). The van der Waals surface area contributed by atoms with E-state index < -0.39 is 39.4 Å². The van der Waals surface area contributed by atoms with Crippen molar-refractivity contribution in [2.45, 2.75) is 33.0 Å². The first kappa shape index (κ1) is 22.9. The van der Waals surface area contributed by atoms with Gasteiger partial charge in [0, 0.05) is 31.3 Å². The Morgan fingerprint density at radius 1 is 1.15 bits per heavy atom. The van der Waals surface area contributed by atoms with Crippen molar-refractivity contribution in [2.75, 3.05) is 28.6 Å². The summed E-state index contributed by atoms with van der Waals surface area (Å²) in [6.07, 6.45) is 1.40. The SMILES string of the molecule is CC(=O)N1CCN(c2cnn3c2CN(C(=O)Nc2cc(F)c(F)c(F)c2)[C@@H](C)C3)S(=O)(=O)C1. The van der Waals surface area contributed by atoms with Gasteiger partial charge in [-0.25, -0.2) is 26.4 Å². The zero-order chi connectivity index (χ0) is 24.1. The van der Waals surface area contributed by atoms with Crippen molar-refractivity contribution in [1.82, 2.24) is 19.6 Å². The van der Waals surface area contributed by atoms with E-state index in [-0.39, 0.29) is 43.8 Å². The summed E-state index contributed by atoms with van der Waals surface area (Å²) in [4.78, 5) is 27.0. The van der Waals surface area contributed by atoms with E-state index in [4.69, 9.17) is 0 Å². The van der Waals surface area contributed by atoms with Crippen LogP contribution >= 0.6 is 0 Å². The number of nitrogens with zero attached hydrogens (tertiary/aromatic N) is 5. The van der Waals surface area contributed by atoms with Crippen molar-refractivity contribution in [3.63, 3.8) is 0 Å². The van der Waals surface area contributed by atoms with Crippen LogP contribution in [0.3, 0.4) is 0 Å². The Labute approximate surface area is 187 Å². The number of aromatic nitrogens is 2. The highest BCUT2D eigenvalue weighted by molar-refractivity contribution is 7.92. The van der Waals surface area contributed by atoms with Gasteiger partial charge in [0.15, 0.2) is 17.5 Å². The number of sulfonamides is 1. The minimum Gasteiger partial charge on any atom is -0.325 e. The third-order valence-corrected chi connectivity index (χ3v) is 7.34. The third-order valence-electron chi connectivity index (χ3n) is 5.65. The van der Waals surface area contributed by atoms with E-state index in [2.05, 4.69) is 10.4 Å². The fourth-order valence-corrected chi connectivity index (χ4v) is 5.55. The molecule has 33 heavy (non-hydrogen) atoms. The average molecular weight is 486 g/mol. The third kappa shape index (κ3) is 4.21. The number of anilines is 2. The highest BCUT2D eigenvalue weighted by Gasteiger charge is 2.37. The van der Waals surface area contributed by atoms with Gasteiger partial charge in [-0.2, -0.15) is 5.10 Å². The lowest BCUT2D eigenvalue weighted by Crippen LogP contribution is -2.52. The van der Waals surface area contributed by atoms with Gasteiger partial charge in [0.2, 0.25) is 5.91 Å². The first-order valence-corrected chi connectivity index (χ1v) is 11.6. The van der Waals surface area contributed by atoms with Crippen LogP contribution in [0.1, 0.15) is 19.5 Å². The number of fused-ring (bicyclic) bond motifs is 1. The van der Waals surface area contributed by atoms with E-state index in [1.165, 1.54) is 27.2 Å². The van der Waals surface area contributed by atoms with Crippen molar-refractivity contribution in [3.8, 4) is 0 Å². The average Bonchev–Trinajstić information content (AvgIpc) is 3.12. The van der Waals surface area contributed by atoms with Crippen LogP contribution in [0, 0.1) is 17.5 Å². The van der Waals surface area contributed by atoms with Crippen LogP contribution in [0.2, 0.25) is 0 Å². The lowest BCUT2D eigenvalue weighted by molar-refractivity contribution is -0.128. The summed E-state index contributed by atoms with van der Waals surface area (Å²) in [7, 11) is -3.84. The molecule has 178 valence electrons. The van der Waals surface area contributed by atoms with Crippen molar-refractivity contribution >= 4 is 33.3 Å². The van der Waals surface area contributed by atoms with Crippen LogP contribution in [0.25, 0.3) is 0 Å². The Bertz CT molecular complexity index is 1210. The van der Waals surface area contributed by atoms with Crippen LogP contribution in [0.4, 0.5) is 29.3 Å². The second kappa shape index (κ2) is 8.24.